The van der Waals surface area contributed by atoms with Crippen molar-refractivity contribution in [3.8, 4) is 12.1 Å². The molecular formula is C14H17N3O2. The lowest BCUT2D eigenvalue weighted by Gasteiger charge is -2.15. The second-order valence-electron chi connectivity index (χ2n) is 4.40. The summed E-state index contributed by atoms with van der Waals surface area (Å²) in [5.41, 5.74) is 1.36. The van der Waals surface area contributed by atoms with E-state index in [2.05, 4.69) is 5.32 Å². The van der Waals surface area contributed by atoms with Crippen LogP contribution in [0.25, 0.3) is 0 Å². The molecular weight excluding hydrogens is 242 g/mol. The van der Waals surface area contributed by atoms with Gasteiger partial charge in [-0.1, -0.05) is 0 Å². The lowest BCUT2D eigenvalue weighted by atomic mass is 10.1. The Morgan fingerprint density at radius 1 is 1.26 bits per heavy atom. The first-order valence-corrected chi connectivity index (χ1v) is 6.04. The van der Waals surface area contributed by atoms with Crippen LogP contribution in [0, 0.1) is 22.7 Å². The van der Waals surface area contributed by atoms with E-state index in [1.165, 1.54) is 0 Å². The summed E-state index contributed by atoms with van der Waals surface area (Å²) in [5, 5.41) is 30.4. The largest absolute Gasteiger partial charge is 0.389 e. The molecule has 0 aliphatic carbocycles. The van der Waals surface area contributed by atoms with E-state index >= 15 is 0 Å². The summed E-state index contributed by atoms with van der Waals surface area (Å²) < 4.78 is 5.29. The number of aliphatic hydroxyl groups excluding tert-OH is 1. The highest BCUT2D eigenvalue weighted by Gasteiger charge is 2.07. The van der Waals surface area contributed by atoms with Gasteiger partial charge < -0.3 is 15.2 Å². The highest BCUT2D eigenvalue weighted by Crippen LogP contribution is 2.14. The van der Waals surface area contributed by atoms with E-state index in [1.807, 2.05) is 26.0 Å². The van der Waals surface area contributed by atoms with Gasteiger partial charge in [0.05, 0.1) is 29.9 Å². The van der Waals surface area contributed by atoms with Crippen LogP contribution in [0.2, 0.25) is 0 Å². The Bertz CT molecular complexity index is 500. The van der Waals surface area contributed by atoms with Crippen molar-refractivity contribution < 1.29 is 9.84 Å². The summed E-state index contributed by atoms with van der Waals surface area (Å²) in [6.07, 6.45) is -0.543. The van der Waals surface area contributed by atoms with Gasteiger partial charge in [-0.3, -0.25) is 0 Å². The third kappa shape index (κ3) is 4.97. The minimum atomic E-state index is -0.622. The molecule has 1 atom stereocenters. The summed E-state index contributed by atoms with van der Waals surface area (Å²) in [6.45, 7) is 4.38. The third-order valence-corrected chi connectivity index (χ3v) is 2.42. The van der Waals surface area contributed by atoms with Gasteiger partial charge in [-0.2, -0.15) is 10.5 Å². The van der Waals surface area contributed by atoms with E-state index in [0.717, 1.165) is 0 Å². The smallest absolute Gasteiger partial charge is 0.101 e. The highest BCUT2D eigenvalue weighted by atomic mass is 16.5. The maximum atomic E-state index is 9.68. The number of anilines is 1. The number of nitriles is 2. The fraction of sp³-hybridized carbons (Fsp3) is 0.429. The molecule has 1 rings (SSSR count). The molecule has 1 aromatic rings. The van der Waals surface area contributed by atoms with E-state index in [1.54, 1.807) is 18.2 Å². The van der Waals surface area contributed by atoms with Crippen molar-refractivity contribution in [2.24, 2.45) is 0 Å². The predicted molar refractivity (Wildman–Crippen MR) is 71.5 cm³/mol. The molecule has 0 saturated heterocycles. The number of aliphatic hydroxyl groups is 1. The molecule has 100 valence electrons. The number of nitrogens with zero attached hydrogens (tertiary/aromatic N) is 2. The Labute approximate surface area is 113 Å². The van der Waals surface area contributed by atoms with Gasteiger partial charge in [0.2, 0.25) is 0 Å². The number of rotatable bonds is 6. The zero-order chi connectivity index (χ0) is 14.3. The average Bonchev–Trinajstić information content (AvgIpc) is 2.42. The van der Waals surface area contributed by atoms with Crippen LogP contribution in [0.15, 0.2) is 18.2 Å². The molecule has 1 aromatic carbocycles. The van der Waals surface area contributed by atoms with E-state index in [4.69, 9.17) is 15.3 Å². The summed E-state index contributed by atoms with van der Waals surface area (Å²) in [5.74, 6) is 0. The summed E-state index contributed by atoms with van der Waals surface area (Å²) in [4.78, 5) is 0. The Hall–Kier alpha value is -2.08. The fourth-order valence-electron chi connectivity index (χ4n) is 1.44. The van der Waals surface area contributed by atoms with Gasteiger partial charge in [0.1, 0.15) is 12.1 Å². The molecule has 0 spiro atoms. The molecule has 0 fully saturated rings. The van der Waals surface area contributed by atoms with Crippen molar-refractivity contribution in [3.63, 3.8) is 0 Å². The molecule has 0 saturated carbocycles. The van der Waals surface area contributed by atoms with Crippen molar-refractivity contribution in [2.75, 3.05) is 18.5 Å². The van der Waals surface area contributed by atoms with Crippen LogP contribution >= 0.6 is 0 Å². The van der Waals surface area contributed by atoms with Crippen LogP contribution in [-0.2, 0) is 4.74 Å². The van der Waals surface area contributed by atoms with Crippen molar-refractivity contribution in [1.82, 2.24) is 0 Å². The Morgan fingerprint density at radius 3 is 2.53 bits per heavy atom. The molecule has 5 heteroatoms. The maximum absolute atomic E-state index is 9.68. The van der Waals surface area contributed by atoms with Crippen molar-refractivity contribution in [2.45, 2.75) is 26.1 Å². The van der Waals surface area contributed by atoms with Crippen LogP contribution in [0.4, 0.5) is 5.69 Å². The average molecular weight is 259 g/mol. The van der Waals surface area contributed by atoms with Gasteiger partial charge >= 0.3 is 0 Å². The van der Waals surface area contributed by atoms with Crippen LogP contribution < -0.4 is 5.32 Å². The molecule has 0 bridgehead atoms. The van der Waals surface area contributed by atoms with Gasteiger partial charge in [-0.05, 0) is 32.0 Å². The molecule has 0 amide bonds. The first-order chi connectivity index (χ1) is 9.06. The first kappa shape index (κ1) is 15.0. The minimum absolute atomic E-state index is 0.0785. The molecule has 0 heterocycles. The van der Waals surface area contributed by atoms with E-state index in [-0.39, 0.29) is 12.7 Å². The van der Waals surface area contributed by atoms with Crippen LogP contribution in [0.3, 0.4) is 0 Å². The number of ether oxygens (including phenoxy) is 1. The van der Waals surface area contributed by atoms with E-state index < -0.39 is 6.10 Å². The number of nitrogens with one attached hydrogen (secondary N) is 1. The van der Waals surface area contributed by atoms with Crippen molar-refractivity contribution in [1.29, 1.82) is 10.5 Å². The van der Waals surface area contributed by atoms with E-state index in [0.29, 0.717) is 23.4 Å². The topological polar surface area (TPSA) is 89.1 Å². The second kappa shape index (κ2) is 7.38. The second-order valence-corrected chi connectivity index (χ2v) is 4.40. The monoisotopic (exact) mass is 259 g/mol. The Morgan fingerprint density at radius 2 is 1.95 bits per heavy atom. The summed E-state index contributed by atoms with van der Waals surface area (Å²) in [7, 11) is 0. The fourth-order valence-corrected chi connectivity index (χ4v) is 1.44. The maximum Gasteiger partial charge on any atom is 0.101 e. The first-order valence-electron chi connectivity index (χ1n) is 6.04. The summed E-state index contributed by atoms with van der Waals surface area (Å²) in [6, 6.07) is 8.79. The lowest BCUT2D eigenvalue weighted by Crippen LogP contribution is -2.26. The van der Waals surface area contributed by atoms with Crippen LogP contribution in [-0.4, -0.2) is 30.5 Å². The molecule has 0 radical (unpaired) electrons. The molecule has 0 aliphatic rings. The van der Waals surface area contributed by atoms with Crippen LogP contribution in [0.1, 0.15) is 25.0 Å². The van der Waals surface area contributed by atoms with Gasteiger partial charge in [-0.25, -0.2) is 0 Å². The molecule has 0 aliphatic heterocycles. The SMILES string of the molecule is CC(C)OCC(O)CNc1ccc(C#N)c(C#N)c1. The molecule has 0 aromatic heterocycles. The van der Waals surface area contributed by atoms with Gasteiger partial charge in [0, 0.05) is 12.2 Å². The zero-order valence-electron chi connectivity index (χ0n) is 11.1. The van der Waals surface area contributed by atoms with Gasteiger partial charge in [0.15, 0.2) is 0 Å². The highest BCUT2D eigenvalue weighted by molar-refractivity contribution is 5.56. The third-order valence-electron chi connectivity index (χ3n) is 2.42. The van der Waals surface area contributed by atoms with Crippen molar-refractivity contribution in [3.05, 3.63) is 29.3 Å². The number of hydrogen-bond donors (Lipinski definition) is 2. The molecule has 2 N–H and O–H groups in total. The standard InChI is InChI=1S/C14H17N3O2/c1-10(2)19-9-14(18)8-17-13-4-3-11(6-15)12(5-13)7-16/h3-5,10,14,17-18H,8-9H2,1-2H3. The zero-order valence-corrected chi connectivity index (χ0v) is 11.1. The molecule has 1 unspecified atom stereocenters. The number of benzene rings is 1. The Balaban J connectivity index is 2.55. The van der Waals surface area contributed by atoms with E-state index in [9.17, 15) is 5.11 Å². The normalized spacial score (nSPS) is 11.7. The quantitative estimate of drug-likeness (QED) is 0.810. The summed E-state index contributed by atoms with van der Waals surface area (Å²) >= 11 is 0. The predicted octanol–water partition coefficient (Wildman–Crippen LogP) is 1.63. The molecule has 5 nitrogen and oxygen atoms in total. The van der Waals surface area contributed by atoms with Gasteiger partial charge in [0.25, 0.3) is 0 Å². The number of hydrogen-bond acceptors (Lipinski definition) is 5. The van der Waals surface area contributed by atoms with Crippen molar-refractivity contribution >= 4 is 5.69 Å². The molecule has 19 heavy (non-hydrogen) atoms. The van der Waals surface area contributed by atoms with Crippen LogP contribution in [0.5, 0.6) is 0 Å². The minimum Gasteiger partial charge on any atom is -0.389 e. The lowest BCUT2D eigenvalue weighted by molar-refractivity contribution is 0.0112. The Kier molecular flexibility index (Phi) is 5.81. The van der Waals surface area contributed by atoms with Gasteiger partial charge in [-0.15, -0.1) is 0 Å².